The topological polar surface area (TPSA) is 17.1 Å². The fraction of sp³-hybridized carbons (Fsp3) is 0.923. The number of rotatable bonds is 12. The average Bonchev–Trinajstić information content (AvgIpc) is 2.29. The fourth-order valence-electron chi connectivity index (χ4n) is 1.67. The van der Waals surface area contributed by atoms with Gasteiger partial charge in [-0.25, -0.2) is 0 Å². The summed E-state index contributed by atoms with van der Waals surface area (Å²) < 4.78 is 23.5. The number of alkyl halides is 2. The van der Waals surface area contributed by atoms with Gasteiger partial charge in [-0.15, -0.1) is 0 Å². The van der Waals surface area contributed by atoms with Crippen molar-refractivity contribution < 1.29 is 13.6 Å². The predicted octanol–water partition coefficient (Wildman–Crippen LogP) is 4.40. The number of hydrogen-bond acceptors (Lipinski definition) is 1. The van der Waals surface area contributed by atoms with Crippen molar-refractivity contribution in [2.75, 3.05) is 13.3 Å². The van der Waals surface area contributed by atoms with Crippen molar-refractivity contribution in [3.63, 3.8) is 0 Å². The highest BCUT2D eigenvalue weighted by atomic mass is 19.1. The maximum absolute atomic E-state index is 11.8. The zero-order chi connectivity index (χ0) is 12.1. The van der Waals surface area contributed by atoms with Gasteiger partial charge in [-0.1, -0.05) is 25.7 Å². The summed E-state index contributed by atoms with van der Waals surface area (Å²) >= 11 is 0. The number of carbonyl (C=O) groups is 1. The summed E-state index contributed by atoms with van der Waals surface area (Å²) in [7, 11) is 0. The lowest BCUT2D eigenvalue weighted by molar-refractivity contribution is -0.119. The highest BCUT2D eigenvalue weighted by Gasteiger charge is 2.01. The maximum Gasteiger partial charge on any atom is 0.132 e. The third-order valence-electron chi connectivity index (χ3n) is 2.68. The van der Waals surface area contributed by atoms with E-state index in [1.165, 1.54) is 0 Å². The first-order chi connectivity index (χ1) is 7.81. The van der Waals surface area contributed by atoms with Gasteiger partial charge in [-0.05, 0) is 25.7 Å². The molecule has 0 fully saturated rings. The first-order valence-corrected chi connectivity index (χ1v) is 6.45. The summed E-state index contributed by atoms with van der Waals surface area (Å²) in [5.41, 5.74) is 0. The SMILES string of the molecule is O=C(CCCCCF)CCCCCCCF. The van der Waals surface area contributed by atoms with E-state index in [1.807, 2.05) is 0 Å². The Labute approximate surface area is 97.6 Å². The molecule has 0 N–H and O–H groups in total. The summed E-state index contributed by atoms with van der Waals surface area (Å²) in [6, 6.07) is 0. The molecule has 0 saturated carbocycles. The zero-order valence-electron chi connectivity index (χ0n) is 10.1. The lowest BCUT2D eigenvalue weighted by Gasteiger charge is -2.01. The van der Waals surface area contributed by atoms with E-state index in [1.54, 1.807) is 0 Å². The van der Waals surface area contributed by atoms with Crippen molar-refractivity contribution in [1.29, 1.82) is 0 Å². The minimum absolute atomic E-state index is 0.229. The van der Waals surface area contributed by atoms with Crippen molar-refractivity contribution >= 4 is 5.78 Å². The first-order valence-electron chi connectivity index (χ1n) is 6.45. The van der Waals surface area contributed by atoms with Gasteiger partial charge in [0.2, 0.25) is 0 Å². The molecule has 96 valence electrons. The van der Waals surface area contributed by atoms with Crippen LogP contribution in [0.1, 0.15) is 64.2 Å². The van der Waals surface area contributed by atoms with Crippen LogP contribution in [0.4, 0.5) is 8.78 Å². The van der Waals surface area contributed by atoms with Crippen molar-refractivity contribution in [3.8, 4) is 0 Å². The van der Waals surface area contributed by atoms with Gasteiger partial charge >= 0.3 is 0 Å². The van der Waals surface area contributed by atoms with E-state index in [4.69, 9.17) is 0 Å². The Morgan fingerprint density at radius 2 is 1.00 bits per heavy atom. The molecule has 0 rings (SSSR count). The van der Waals surface area contributed by atoms with Crippen LogP contribution in [0.3, 0.4) is 0 Å². The molecule has 0 aromatic rings. The second-order valence-corrected chi connectivity index (χ2v) is 4.25. The minimum atomic E-state index is -0.275. The van der Waals surface area contributed by atoms with E-state index in [-0.39, 0.29) is 13.3 Å². The molecule has 0 saturated heterocycles. The van der Waals surface area contributed by atoms with E-state index < -0.39 is 0 Å². The summed E-state index contributed by atoms with van der Waals surface area (Å²) in [5, 5.41) is 0. The van der Waals surface area contributed by atoms with Crippen molar-refractivity contribution in [1.82, 2.24) is 0 Å². The standard InChI is InChI=1S/C13H24F2O/c14-11-7-3-1-2-5-9-13(16)10-6-4-8-12-15/h1-12H2. The Balaban J connectivity index is 3.11. The van der Waals surface area contributed by atoms with Crippen LogP contribution in [0.2, 0.25) is 0 Å². The Bertz CT molecular complexity index is 160. The molecule has 0 aromatic heterocycles. The second kappa shape index (κ2) is 12.6. The quantitative estimate of drug-likeness (QED) is 0.457. The summed E-state index contributed by atoms with van der Waals surface area (Å²) in [5.74, 6) is 0.296. The Kier molecular flexibility index (Phi) is 12.2. The van der Waals surface area contributed by atoms with E-state index in [2.05, 4.69) is 0 Å². The van der Waals surface area contributed by atoms with Gasteiger partial charge in [-0.3, -0.25) is 13.6 Å². The lowest BCUT2D eigenvalue weighted by atomic mass is 10.0. The molecule has 3 heteroatoms. The Hall–Kier alpha value is -0.470. The predicted molar refractivity (Wildman–Crippen MR) is 63.1 cm³/mol. The number of ketones is 1. The van der Waals surface area contributed by atoms with Gasteiger partial charge in [0.1, 0.15) is 5.78 Å². The van der Waals surface area contributed by atoms with Crippen LogP contribution in [-0.2, 0) is 4.79 Å². The zero-order valence-corrected chi connectivity index (χ0v) is 10.1. The molecule has 0 aromatic carbocycles. The molecule has 16 heavy (non-hydrogen) atoms. The van der Waals surface area contributed by atoms with Crippen molar-refractivity contribution in [2.45, 2.75) is 64.2 Å². The van der Waals surface area contributed by atoms with Crippen LogP contribution < -0.4 is 0 Å². The lowest BCUT2D eigenvalue weighted by Crippen LogP contribution is -1.97. The number of unbranched alkanes of at least 4 members (excludes halogenated alkanes) is 6. The number of Topliss-reactive ketones (excluding diaryl/α,β-unsaturated/α-hetero) is 1. The number of carbonyl (C=O) groups excluding carboxylic acids is 1. The summed E-state index contributed by atoms with van der Waals surface area (Å²) in [6.45, 7) is -0.504. The smallest absolute Gasteiger partial charge is 0.132 e. The number of hydrogen-bond donors (Lipinski definition) is 0. The molecule has 0 aliphatic rings. The van der Waals surface area contributed by atoms with Crippen LogP contribution in [0.15, 0.2) is 0 Å². The molecule has 0 unspecified atom stereocenters. The first kappa shape index (κ1) is 15.5. The third kappa shape index (κ3) is 11.6. The molecule has 0 atom stereocenters. The molecule has 0 amide bonds. The summed E-state index contributed by atoms with van der Waals surface area (Å²) in [6.07, 6.45) is 8.03. The molecule has 0 spiro atoms. The molecule has 0 bridgehead atoms. The van der Waals surface area contributed by atoms with E-state index >= 15 is 0 Å². The van der Waals surface area contributed by atoms with Crippen LogP contribution in [0.25, 0.3) is 0 Å². The van der Waals surface area contributed by atoms with Crippen LogP contribution in [-0.4, -0.2) is 19.1 Å². The van der Waals surface area contributed by atoms with Crippen molar-refractivity contribution in [2.24, 2.45) is 0 Å². The highest BCUT2D eigenvalue weighted by molar-refractivity contribution is 5.78. The van der Waals surface area contributed by atoms with Gasteiger partial charge in [-0.2, -0.15) is 0 Å². The molecule has 0 heterocycles. The Morgan fingerprint density at radius 1 is 0.625 bits per heavy atom. The third-order valence-corrected chi connectivity index (χ3v) is 2.68. The molecular weight excluding hydrogens is 210 g/mol. The van der Waals surface area contributed by atoms with Crippen LogP contribution in [0, 0.1) is 0 Å². The normalized spacial score (nSPS) is 10.6. The van der Waals surface area contributed by atoms with E-state index in [0.717, 1.165) is 38.5 Å². The highest BCUT2D eigenvalue weighted by Crippen LogP contribution is 2.09. The van der Waals surface area contributed by atoms with Gasteiger partial charge in [0.15, 0.2) is 0 Å². The largest absolute Gasteiger partial charge is 0.300 e. The summed E-state index contributed by atoms with van der Waals surface area (Å²) in [4.78, 5) is 11.3. The van der Waals surface area contributed by atoms with Gasteiger partial charge in [0.05, 0.1) is 13.3 Å². The van der Waals surface area contributed by atoms with Gasteiger partial charge < -0.3 is 0 Å². The molecule has 0 aliphatic carbocycles. The van der Waals surface area contributed by atoms with Crippen LogP contribution >= 0.6 is 0 Å². The molecule has 1 nitrogen and oxygen atoms in total. The average molecular weight is 234 g/mol. The maximum atomic E-state index is 11.8. The minimum Gasteiger partial charge on any atom is -0.300 e. The second-order valence-electron chi connectivity index (χ2n) is 4.25. The molecule has 0 radical (unpaired) electrons. The van der Waals surface area contributed by atoms with E-state index in [9.17, 15) is 13.6 Å². The molecular formula is C13H24F2O. The van der Waals surface area contributed by atoms with Crippen LogP contribution in [0.5, 0.6) is 0 Å². The molecule has 0 aliphatic heterocycles. The van der Waals surface area contributed by atoms with Gasteiger partial charge in [0, 0.05) is 12.8 Å². The van der Waals surface area contributed by atoms with Gasteiger partial charge in [0.25, 0.3) is 0 Å². The number of halogens is 2. The fourth-order valence-corrected chi connectivity index (χ4v) is 1.67. The van der Waals surface area contributed by atoms with E-state index in [0.29, 0.717) is 31.5 Å². The monoisotopic (exact) mass is 234 g/mol. The van der Waals surface area contributed by atoms with Crippen molar-refractivity contribution in [3.05, 3.63) is 0 Å². The Morgan fingerprint density at radius 3 is 1.50 bits per heavy atom.